The van der Waals surface area contributed by atoms with Gasteiger partial charge in [-0.2, -0.15) is 0 Å². The highest BCUT2D eigenvalue weighted by atomic mass is 16.6. The van der Waals surface area contributed by atoms with Crippen LogP contribution in [0.4, 0.5) is 0 Å². The van der Waals surface area contributed by atoms with Crippen molar-refractivity contribution in [1.29, 1.82) is 0 Å². The molecule has 0 amide bonds. The van der Waals surface area contributed by atoms with Gasteiger partial charge in [-0.05, 0) is 51.4 Å². The molecule has 69 heavy (non-hydrogen) atoms. The van der Waals surface area contributed by atoms with Crippen molar-refractivity contribution in [3.8, 4) is 0 Å². The molecule has 0 saturated heterocycles. The molecule has 0 heterocycles. The number of carbonyl (C=O) groups excluding carboxylic acids is 3. The molecular formula is C63H118O6. The molecule has 0 aromatic rings. The molecule has 0 aromatic heterocycles. The van der Waals surface area contributed by atoms with Crippen LogP contribution in [0.1, 0.15) is 342 Å². The van der Waals surface area contributed by atoms with E-state index in [1.54, 1.807) is 0 Å². The molecule has 0 aromatic carbocycles. The van der Waals surface area contributed by atoms with Crippen LogP contribution in [0.25, 0.3) is 0 Å². The fourth-order valence-electron chi connectivity index (χ4n) is 9.30. The number of allylic oxidation sites excluding steroid dienone is 4. The summed E-state index contributed by atoms with van der Waals surface area (Å²) in [5.74, 6) is -0.845. The van der Waals surface area contributed by atoms with Gasteiger partial charge in [-0.1, -0.05) is 295 Å². The topological polar surface area (TPSA) is 78.9 Å². The van der Waals surface area contributed by atoms with E-state index in [4.69, 9.17) is 14.2 Å². The lowest BCUT2D eigenvalue weighted by Crippen LogP contribution is -2.30. The predicted octanol–water partition coefficient (Wildman–Crippen LogP) is 20.7. The van der Waals surface area contributed by atoms with Gasteiger partial charge < -0.3 is 14.2 Å². The molecule has 0 aliphatic carbocycles. The maximum atomic E-state index is 12.9. The smallest absolute Gasteiger partial charge is 0.306 e. The van der Waals surface area contributed by atoms with E-state index < -0.39 is 6.10 Å². The zero-order valence-corrected chi connectivity index (χ0v) is 46.6. The van der Waals surface area contributed by atoms with Crippen molar-refractivity contribution in [2.24, 2.45) is 0 Å². The second-order valence-corrected chi connectivity index (χ2v) is 21.0. The number of carbonyl (C=O) groups is 3. The Bertz CT molecular complexity index is 1110. The Morgan fingerprint density at radius 2 is 0.522 bits per heavy atom. The molecule has 6 heteroatoms. The summed E-state index contributed by atoms with van der Waals surface area (Å²) in [6.45, 7) is 6.69. The lowest BCUT2D eigenvalue weighted by Gasteiger charge is -2.18. The van der Waals surface area contributed by atoms with Gasteiger partial charge in [-0.25, -0.2) is 0 Å². The highest BCUT2D eigenvalue weighted by Crippen LogP contribution is 2.17. The van der Waals surface area contributed by atoms with E-state index in [0.717, 1.165) is 64.2 Å². The number of hydrogen-bond acceptors (Lipinski definition) is 6. The van der Waals surface area contributed by atoms with E-state index in [-0.39, 0.29) is 31.1 Å². The number of ether oxygens (including phenoxy) is 3. The van der Waals surface area contributed by atoms with Gasteiger partial charge in [0.2, 0.25) is 0 Å². The van der Waals surface area contributed by atoms with Crippen molar-refractivity contribution in [2.45, 2.75) is 348 Å². The Labute approximate surface area is 430 Å². The van der Waals surface area contributed by atoms with E-state index in [9.17, 15) is 14.4 Å². The van der Waals surface area contributed by atoms with Gasteiger partial charge in [0.05, 0.1) is 0 Å². The Morgan fingerprint density at radius 3 is 0.797 bits per heavy atom. The Balaban J connectivity index is 4.30. The van der Waals surface area contributed by atoms with Crippen molar-refractivity contribution in [2.75, 3.05) is 13.2 Å². The molecule has 6 nitrogen and oxygen atoms in total. The lowest BCUT2D eigenvalue weighted by atomic mass is 10.0. The van der Waals surface area contributed by atoms with E-state index in [0.29, 0.717) is 19.3 Å². The fourth-order valence-corrected chi connectivity index (χ4v) is 9.30. The summed E-state index contributed by atoms with van der Waals surface area (Å²) in [6.07, 6.45) is 68.8. The quantitative estimate of drug-likeness (QED) is 0.0261. The van der Waals surface area contributed by atoms with Crippen molar-refractivity contribution in [3.05, 3.63) is 24.3 Å². The van der Waals surface area contributed by atoms with Crippen molar-refractivity contribution < 1.29 is 28.6 Å². The first-order chi connectivity index (χ1) is 34.0. The van der Waals surface area contributed by atoms with Crippen LogP contribution in [-0.2, 0) is 28.6 Å². The molecule has 0 aliphatic rings. The summed E-state index contributed by atoms with van der Waals surface area (Å²) >= 11 is 0. The molecular weight excluding hydrogens is 853 g/mol. The van der Waals surface area contributed by atoms with Crippen LogP contribution in [0.15, 0.2) is 24.3 Å². The van der Waals surface area contributed by atoms with Crippen molar-refractivity contribution in [1.82, 2.24) is 0 Å². The zero-order valence-electron chi connectivity index (χ0n) is 46.6. The molecule has 0 spiro atoms. The van der Waals surface area contributed by atoms with Gasteiger partial charge in [0.25, 0.3) is 0 Å². The van der Waals surface area contributed by atoms with Crippen LogP contribution in [0, 0.1) is 0 Å². The monoisotopic (exact) mass is 971 g/mol. The zero-order chi connectivity index (χ0) is 50.0. The van der Waals surface area contributed by atoms with Gasteiger partial charge >= 0.3 is 17.9 Å². The molecule has 1 unspecified atom stereocenters. The van der Waals surface area contributed by atoms with E-state index in [2.05, 4.69) is 45.1 Å². The maximum absolute atomic E-state index is 12.9. The number of unbranched alkanes of at least 4 members (excludes halogenated alkanes) is 42. The molecule has 0 radical (unpaired) electrons. The highest BCUT2D eigenvalue weighted by Gasteiger charge is 2.19. The minimum Gasteiger partial charge on any atom is -0.462 e. The van der Waals surface area contributed by atoms with Crippen LogP contribution >= 0.6 is 0 Å². The van der Waals surface area contributed by atoms with Crippen LogP contribution < -0.4 is 0 Å². The number of esters is 3. The molecule has 0 N–H and O–H groups in total. The molecule has 0 aliphatic heterocycles. The van der Waals surface area contributed by atoms with E-state index in [1.165, 1.54) is 238 Å². The summed E-state index contributed by atoms with van der Waals surface area (Å²) in [4.78, 5) is 38.2. The molecule has 0 fully saturated rings. The average molecular weight is 972 g/mol. The second-order valence-electron chi connectivity index (χ2n) is 21.0. The van der Waals surface area contributed by atoms with Gasteiger partial charge in [0.15, 0.2) is 6.10 Å². The Kier molecular flexibility index (Phi) is 56.7. The summed E-state index contributed by atoms with van der Waals surface area (Å²) in [7, 11) is 0. The minimum atomic E-state index is -0.768. The summed E-state index contributed by atoms with van der Waals surface area (Å²) in [6, 6.07) is 0. The largest absolute Gasteiger partial charge is 0.462 e. The standard InChI is InChI=1S/C63H118O6/c1-4-7-10-13-16-19-22-25-28-29-30-31-32-33-36-38-41-44-47-50-53-56-62(65)68-59-60(69-63(66)57-54-51-48-45-42-39-35-27-24-21-18-15-12-9-6-3)58-67-61(64)55-52-49-46-43-40-37-34-26-23-20-17-14-11-8-5-2/h22,25,29-30,60H,4-21,23-24,26-28,31-59H2,1-3H3/b25-22-,30-29-. The maximum Gasteiger partial charge on any atom is 0.306 e. The van der Waals surface area contributed by atoms with E-state index >= 15 is 0 Å². The fraction of sp³-hybridized carbons (Fsp3) is 0.889. The van der Waals surface area contributed by atoms with Crippen molar-refractivity contribution >= 4 is 17.9 Å². The first-order valence-corrected chi connectivity index (χ1v) is 30.8. The third kappa shape index (κ3) is 56.7. The van der Waals surface area contributed by atoms with Crippen LogP contribution in [-0.4, -0.2) is 37.2 Å². The normalized spacial score (nSPS) is 12.1. The van der Waals surface area contributed by atoms with Gasteiger partial charge in [0.1, 0.15) is 13.2 Å². The Morgan fingerprint density at radius 1 is 0.290 bits per heavy atom. The molecule has 406 valence electrons. The van der Waals surface area contributed by atoms with Crippen LogP contribution in [0.3, 0.4) is 0 Å². The summed E-state index contributed by atoms with van der Waals surface area (Å²) < 4.78 is 16.9. The number of hydrogen-bond donors (Lipinski definition) is 0. The third-order valence-corrected chi connectivity index (χ3v) is 14.0. The average Bonchev–Trinajstić information content (AvgIpc) is 3.35. The van der Waals surface area contributed by atoms with Gasteiger partial charge in [-0.15, -0.1) is 0 Å². The first kappa shape index (κ1) is 66.9. The third-order valence-electron chi connectivity index (χ3n) is 14.0. The lowest BCUT2D eigenvalue weighted by molar-refractivity contribution is -0.167. The second kappa shape index (κ2) is 58.5. The summed E-state index contributed by atoms with van der Waals surface area (Å²) in [5, 5.41) is 0. The highest BCUT2D eigenvalue weighted by molar-refractivity contribution is 5.71. The SMILES string of the molecule is CCCCCCC/C=C\C/C=C\CCCCCCCCCCCC(=O)OCC(COC(=O)CCCCCCCCCCCCCCCCC)OC(=O)CCCCCCCCCCCCCCCCC. The first-order valence-electron chi connectivity index (χ1n) is 30.8. The molecule has 1 atom stereocenters. The molecule has 0 bridgehead atoms. The van der Waals surface area contributed by atoms with Crippen molar-refractivity contribution in [3.63, 3.8) is 0 Å². The van der Waals surface area contributed by atoms with Crippen LogP contribution in [0.2, 0.25) is 0 Å². The van der Waals surface area contributed by atoms with Gasteiger partial charge in [0, 0.05) is 19.3 Å². The number of rotatable bonds is 57. The molecule has 0 saturated carbocycles. The molecule has 0 rings (SSSR count). The predicted molar refractivity (Wildman–Crippen MR) is 298 cm³/mol. The summed E-state index contributed by atoms with van der Waals surface area (Å²) in [5.41, 5.74) is 0. The van der Waals surface area contributed by atoms with E-state index in [1.807, 2.05) is 0 Å². The Hall–Kier alpha value is -2.11. The minimum absolute atomic E-state index is 0.0664. The van der Waals surface area contributed by atoms with Crippen LogP contribution in [0.5, 0.6) is 0 Å². The van der Waals surface area contributed by atoms with Gasteiger partial charge in [-0.3, -0.25) is 14.4 Å².